The zero-order valence-electron chi connectivity index (χ0n) is 10.6. The van der Waals surface area contributed by atoms with Gasteiger partial charge in [0.1, 0.15) is 0 Å². The summed E-state index contributed by atoms with van der Waals surface area (Å²) in [6.07, 6.45) is 0.323. The first-order chi connectivity index (χ1) is 9.58. The Morgan fingerprint density at radius 3 is 2.50 bits per heavy atom. The van der Waals surface area contributed by atoms with E-state index in [1.807, 2.05) is 30.3 Å². The van der Waals surface area contributed by atoms with Crippen LogP contribution in [0.4, 0.5) is 14.5 Å². The van der Waals surface area contributed by atoms with Crippen LogP contribution in [0.25, 0.3) is 0 Å². The first-order valence-corrected chi connectivity index (χ1v) is 6.12. The molecule has 2 aromatic rings. The van der Waals surface area contributed by atoms with Gasteiger partial charge in [0.25, 0.3) is 0 Å². The molecule has 5 heteroatoms. The van der Waals surface area contributed by atoms with Crippen molar-refractivity contribution < 1.29 is 13.6 Å². The minimum atomic E-state index is -1.09. The Bertz CT molecular complexity index is 602. The van der Waals surface area contributed by atoms with Crippen LogP contribution in [-0.2, 0) is 11.2 Å². The number of nitrogens with two attached hydrogens (primary N) is 1. The molecule has 0 saturated heterocycles. The van der Waals surface area contributed by atoms with Crippen LogP contribution in [0.3, 0.4) is 0 Å². The first kappa shape index (κ1) is 14.1. The van der Waals surface area contributed by atoms with Crippen LogP contribution >= 0.6 is 0 Å². The van der Waals surface area contributed by atoms with E-state index in [0.29, 0.717) is 6.42 Å². The van der Waals surface area contributed by atoms with E-state index < -0.39 is 23.6 Å². The summed E-state index contributed by atoms with van der Waals surface area (Å²) in [6, 6.07) is 12.0. The molecule has 1 atom stereocenters. The maximum atomic E-state index is 13.4. The highest BCUT2D eigenvalue weighted by atomic mass is 19.2. The van der Waals surface area contributed by atoms with E-state index in [1.165, 1.54) is 12.1 Å². The van der Waals surface area contributed by atoms with E-state index in [4.69, 9.17) is 5.73 Å². The van der Waals surface area contributed by atoms with Gasteiger partial charge in [-0.1, -0.05) is 36.4 Å². The zero-order valence-corrected chi connectivity index (χ0v) is 10.6. The third-order valence-electron chi connectivity index (χ3n) is 2.84. The van der Waals surface area contributed by atoms with Crippen LogP contribution in [0.15, 0.2) is 48.5 Å². The fraction of sp³-hybridized carbons (Fsp3) is 0.133. The Labute approximate surface area is 115 Å². The highest BCUT2D eigenvalue weighted by molar-refractivity contribution is 5.94. The summed E-state index contributed by atoms with van der Waals surface area (Å²) in [4.78, 5) is 11.9. The molecule has 0 fully saturated rings. The molecule has 0 bridgehead atoms. The molecule has 1 unspecified atom stereocenters. The van der Waals surface area contributed by atoms with Crippen molar-refractivity contribution in [2.24, 2.45) is 5.73 Å². The number of benzene rings is 2. The molecule has 3 N–H and O–H groups in total. The van der Waals surface area contributed by atoms with Crippen LogP contribution in [0.2, 0.25) is 0 Å². The van der Waals surface area contributed by atoms with Crippen LogP contribution in [0.1, 0.15) is 5.56 Å². The van der Waals surface area contributed by atoms with Crippen LogP contribution < -0.4 is 11.1 Å². The fourth-order valence-electron chi connectivity index (χ4n) is 1.79. The number of hydrogen-bond acceptors (Lipinski definition) is 2. The Hall–Kier alpha value is -2.27. The molecule has 2 aromatic carbocycles. The lowest BCUT2D eigenvalue weighted by molar-refractivity contribution is -0.117. The largest absolute Gasteiger partial charge is 0.322 e. The van der Waals surface area contributed by atoms with Gasteiger partial charge in [-0.05, 0) is 24.1 Å². The second kappa shape index (κ2) is 6.25. The maximum absolute atomic E-state index is 13.4. The molecule has 20 heavy (non-hydrogen) atoms. The van der Waals surface area contributed by atoms with Crippen molar-refractivity contribution in [2.45, 2.75) is 12.5 Å². The quantitative estimate of drug-likeness (QED) is 0.901. The second-order valence-electron chi connectivity index (χ2n) is 4.39. The summed E-state index contributed by atoms with van der Waals surface area (Å²) in [6.45, 7) is 0. The van der Waals surface area contributed by atoms with Gasteiger partial charge in [-0.3, -0.25) is 4.79 Å². The molecule has 0 aliphatic carbocycles. The van der Waals surface area contributed by atoms with Gasteiger partial charge in [0.15, 0.2) is 11.6 Å². The van der Waals surface area contributed by atoms with E-state index in [2.05, 4.69) is 5.32 Å². The van der Waals surface area contributed by atoms with Crippen molar-refractivity contribution in [3.8, 4) is 0 Å². The minimum absolute atomic E-state index is 0.210. The van der Waals surface area contributed by atoms with E-state index >= 15 is 0 Å². The minimum Gasteiger partial charge on any atom is -0.322 e. The molecule has 0 heterocycles. The number of nitrogens with one attached hydrogen (secondary N) is 1. The fourth-order valence-corrected chi connectivity index (χ4v) is 1.79. The normalized spacial score (nSPS) is 11.9. The molecule has 0 aromatic heterocycles. The standard InChI is InChI=1S/C15H14F2N2O/c16-11-7-4-8-13(14(11)17)19-15(20)12(18)9-10-5-2-1-3-6-10/h1-8,12H,9,18H2,(H,19,20). The van der Waals surface area contributed by atoms with Gasteiger partial charge in [0, 0.05) is 0 Å². The summed E-state index contributed by atoms with van der Waals surface area (Å²) in [5.74, 6) is -2.66. The van der Waals surface area contributed by atoms with Crippen molar-refractivity contribution >= 4 is 11.6 Å². The third kappa shape index (κ3) is 3.39. The van der Waals surface area contributed by atoms with Crippen molar-refractivity contribution in [1.82, 2.24) is 0 Å². The smallest absolute Gasteiger partial charge is 0.241 e. The van der Waals surface area contributed by atoms with Crippen LogP contribution in [0.5, 0.6) is 0 Å². The van der Waals surface area contributed by atoms with E-state index in [-0.39, 0.29) is 5.69 Å². The SMILES string of the molecule is NC(Cc1ccccc1)C(=O)Nc1cccc(F)c1F. The molecule has 0 saturated carbocycles. The maximum Gasteiger partial charge on any atom is 0.241 e. The highest BCUT2D eigenvalue weighted by Gasteiger charge is 2.17. The van der Waals surface area contributed by atoms with Crippen molar-refractivity contribution in [2.75, 3.05) is 5.32 Å². The molecule has 0 spiro atoms. The lowest BCUT2D eigenvalue weighted by Crippen LogP contribution is -2.37. The monoisotopic (exact) mass is 276 g/mol. The molecule has 104 valence electrons. The van der Waals surface area contributed by atoms with E-state index in [1.54, 1.807) is 0 Å². The van der Waals surface area contributed by atoms with Gasteiger partial charge in [-0.15, -0.1) is 0 Å². The number of hydrogen-bond donors (Lipinski definition) is 2. The number of amides is 1. The average molecular weight is 276 g/mol. The molecule has 1 amide bonds. The van der Waals surface area contributed by atoms with Gasteiger partial charge < -0.3 is 11.1 Å². The summed E-state index contributed by atoms with van der Waals surface area (Å²) in [5.41, 5.74) is 6.45. The summed E-state index contributed by atoms with van der Waals surface area (Å²) in [5, 5.41) is 2.29. The van der Waals surface area contributed by atoms with Crippen molar-refractivity contribution in [3.63, 3.8) is 0 Å². The molecule has 0 radical (unpaired) electrons. The lowest BCUT2D eigenvalue weighted by atomic mass is 10.1. The van der Waals surface area contributed by atoms with Gasteiger partial charge in [0.05, 0.1) is 11.7 Å². The Balaban J connectivity index is 2.03. The second-order valence-corrected chi connectivity index (χ2v) is 4.39. The summed E-state index contributed by atoms with van der Waals surface area (Å²) in [7, 11) is 0. The first-order valence-electron chi connectivity index (χ1n) is 6.12. The number of halogens is 2. The molecule has 3 nitrogen and oxygen atoms in total. The molecular weight excluding hydrogens is 262 g/mol. The van der Waals surface area contributed by atoms with E-state index in [0.717, 1.165) is 11.6 Å². The summed E-state index contributed by atoms with van der Waals surface area (Å²) < 4.78 is 26.4. The van der Waals surface area contributed by atoms with E-state index in [9.17, 15) is 13.6 Å². The Morgan fingerprint density at radius 1 is 1.10 bits per heavy atom. The predicted octanol–water partition coefficient (Wildman–Crippen LogP) is 2.47. The molecule has 0 aliphatic rings. The number of carbonyl (C=O) groups is 1. The Morgan fingerprint density at radius 2 is 1.80 bits per heavy atom. The average Bonchev–Trinajstić information content (AvgIpc) is 2.45. The highest BCUT2D eigenvalue weighted by Crippen LogP contribution is 2.16. The van der Waals surface area contributed by atoms with Crippen LogP contribution in [-0.4, -0.2) is 11.9 Å². The van der Waals surface area contributed by atoms with Gasteiger partial charge in [-0.2, -0.15) is 0 Å². The molecule has 2 rings (SSSR count). The number of rotatable bonds is 4. The van der Waals surface area contributed by atoms with Crippen LogP contribution in [0, 0.1) is 11.6 Å². The predicted molar refractivity (Wildman–Crippen MR) is 73.1 cm³/mol. The van der Waals surface area contributed by atoms with Gasteiger partial charge >= 0.3 is 0 Å². The van der Waals surface area contributed by atoms with Crippen molar-refractivity contribution in [1.29, 1.82) is 0 Å². The number of carbonyl (C=O) groups excluding carboxylic acids is 1. The lowest BCUT2D eigenvalue weighted by Gasteiger charge is -2.13. The molecule has 0 aliphatic heterocycles. The number of anilines is 1. The third-order valence-corrected chi connectivity index (χ3v) is 2.84. The van der Waals surface area contributed by atoms with Crippen molar-refractivity contribution in [3.05, 3.63) is 65.7 Å². The Kier molecular flexibility index (Phi) is 4.42. The van der Waals surface area contributed by atoms with Gasteiger partial charge in [0.2, 0.25) is 5.91 Å². The topological polar surface area (TPSA) is 55.1 Å². The zero-order chi connectivity index (χ0) is 14.5. The van der Waals surface area contributed by atoms with Gasteiger partial charge in [-0.25, -0.2) is 8.78 Å². The summed E-state index contributed by atoms with van der Waals surface area (Å²) >= 11 is 0. The molecular formula is C15H14F2N2O.